The molecule has 1 saturated heterocycles. The van der Waals surface area contributed by atoms with Crippen LogP contribution in [0.4, 0.5) is 5.82 Å². The molecular weight excluding hydrogens is 338 g/mol. The molecule has 3 aliphatic carbocycles. The van der Waals surface area contributed by atoms with Gasteiger partial charge in [0, 0.05) is 25.3 Å². The largest absolute Gasteiger partial charge is 0.378 e. The number of aromatic nitrogens is 1. The first-order valence-corrected chi connectivity index (χ1v) is 10.9. The van der Waals surface area contributed by atoms with Gasteiger partial charge in [0.15, 0.2) is 0 Å². The molecule has 5 nitrogen and oxygen atoms in total. The molecule has 2 heterocycles. The molecule has 146 valence electrons. The number of carbonyl (C=O) groups is 1. The minimum atomic E-state index is 0.145. The Labute approximate surface area is 161 Å². The highest BCUT2D eigenvalue weighted by Gasteiger charge is 2.35. The Bertz CT molecular complexity index is 702. The fourth-order valence-electron chi connectivity index (χ4n) is 5.81. The molecule has 3 atom stereocenters. The van der Waals surface area contributed by atoms with Crippen molar-refractivity contribution in [2.24, 2.45) is 11.8 Å². The van der Waals surface area contributed by atoms with Crippen LogP contribution in [-0.4, -0.2) is 48.1 Å². The molecule has 0 unspecified atom stereocenters. The molecule has 5 rings (SSSR count). The van der Waals surface area contributed by atoms with Crippen molar-refractivity contribution >= 4 is 11.7 Å². The van der Waals surface area contributed by atoms with Crippen molar-refractivity contribution in [3.63, 3.8) is 0 Å². The molecule has 1 aliphatic heterocycles. The van der Waals surface area contributed by atoms with Crippen molar-refractivity contribution in [3.8, 4) is 0 Å². The number of carbonyl (C=O) groups excluding carboxylic acids is 1. The number of amides is 1. The van der Waals surface area contributed by atoms with Crippen molar-refractivity contribution in [1.82, 2.24) is 9.88 Å². The summed E-state index contributed by atoms with van der Waals surface area (Å²) in [6, 6.07) is 0.565. The van der Waals surface area contributed by atoms with Crippen molar-refractivity contribution < 1.29 is 9.53 Å². The van der Waals surface area contributed by atoms with Crippen molar-refractivity contribution in [1.29, 1.82) is 0 Å². The predicted octanol–water partition coefficient (Wildman–Crippen LogP) is 3.42. The third-order valence-electron chi connectivity index (χ3n) is 7.16. The lowest BCUT2D eigenvalue weighted by molar-refractivity contribution is 0.0301. The molecule has 27 heavy (non-hydrogen) atoms. The summed E-state index contributed by atoms with van der Waals surface area (Å²) in [5, 5.41) is 3.80. The number of hydrogen-bond donors (Lipinski definition) is 1. The van der Waals surface area contributed by atoms with E-state index in [-0.39, 0.29) is 5.91 Å². The Hall–Kier alpha value is -1.62. The van der Waals surface area contributed by atoms with Crippen LogP contribution in [0, 0.1) is 11.8 Å². The van der Waals surface area contributed by atoms with Gasteiger partial charge in [0.25, 0.3) is 5.91 Å². The standard InChI is InChI=1S/C22H31N3O2/c26-22(25-7-9-27-10-8-25)20-14-23-21(19-4-2-1-3-18(19)20)24-17-12-15-5-6-16(11-15)13-17/h14-17H,1-13H2,(H,23,24)/t15-,16+,17-. The summed E-state index contributed by atoms with van der Waals surface area (Å²) in [5.41, 5.74) is 3.41. The number of rotatable bonds is 3. The van der Waals surface area contributed by atoms with E-state index in [9.17, 15) is 4.79 Å². The average molecular weight is 370 g/mol. The zero-order valence-electron chi connectivity index (χ0n) is 16.2. The van der Waals surface area contributed by atoms with Gasteiger partial charge in [-0.2, -0.15) is 0 Å². The minimum absolute atomic E-state index is 0.145. The number of fused-ring (bicyclic) bond motifs is 3. The molecule has 2 saturated carbocycles. The Morgan fingerprint density at radius 2 is 1.74 bits per heavy atom. The van der Waals surface area contributed by atoms with E-state index in [1.54, 1.807) is 0 Å². The van der Waals surface area contributed by atoms with Gasteiger partial charge in [-0.3, -0.25) is 4.79 Å². The molecule has 4 aliphatic rings. The zero-order chi connectivity index (χ0) is 18.2. The Morgan fingerprint density at radius 1 is 1.04 bits per heavy atom. The predicted molar refractivity (Wildman–Crippen MR) is 105 cm³/mol. The second-order valence-electron chi connectivity index (χ2n) is 8.95. The van der Waals surface area contributed by atoms with Crippen LogP contribution >= 0.6 is 0 Å². The molecule has 3 fully saturated rings. The van der Waals surface area contributed by atoms with Gasteiger partial charge in [-0.05, 0) is 67.9 Å². The number of anilines is 1. The fraction of sp³-hybridized carbons (Fsp3) is 0.727. The maximum atomic E-state index is 13.1. The van der Waals surface area contributed by atoms with E-state index in [4.69, 9.17) is 9.72 Å². The van der Waals surface area contributed by atoms with Gasteiger partial charge in [-0.25, -0.2) is 4.98 Å². The number of pyridine rings is 1. The summed E-state index contributed by atoms with van der Waals surface area (Å²) in [6.07, 6.45) is 13.1. The molecule has 1 aromatic rings. The van der Waals surface area contributed by atoms with E-state index in [0.29, 0.717) is 32.3 Å². The molecule has 2 bridgehead atoms. The highest BCUT2D eigenvalue weighted by molar-refractivity contribution is 5.96. The van der Waals surface area contributed by atoms with Crippen LogP contribution in [-0.2, 0) is 17.6 Å². The Kier molecular flexibility index (Phi) is 4.80. The van der Waals surface area contributed by atoms with Crippen molar-refractivity contribution in [2.45, 2.75) is 63.8 Å². The summed E-state index contributed by atoms with van der Waals surface area (Å²) in [7, 11) is 0. The Morgan fingerprint density at radius 3 is 2.48 bits per heavy atom. The summed E-state index contributed by atoms with van der Waals surface area (Å²) < 4.78 is 5.40. The normalized spacial score (nSPS) is 30.1. The molecular formula is C22H31N3O2. The monoisotopic (exact) mass is 369 g/mol. The van der Waals surface area contributed by atoms with Crippen LogP contribution in [0.5, 0.6) is 0 Å². The molecule has 0 radical (unpaired) electrons. The van der Waals surface area contributed by atoms with Crippen molar-refractivity contribution in [3.05, 3.63) is 22.9 Å². The molecule has 1 amide bonds. The second-order valence-corrected chi connectivity index (χ2v) is 8.95. The van der Waals surface area contributed by atoms with Crippen LogP contribution in [0.2, 0.25) is 0 Å². The highest BCUT2D eigenvalue weighted by atomic mass is 16.5. The van der Waals surface area contributed by atoms with E-state index in [1.807, 2.05) is 11.1 Å². The summed E-state index contributed by atoms with van der Waals surface area (Å²) >= 11 is 0. The van der Waals surface area contributed by atoms with Gasteiger partial charge >= 0.3 is 0 Å². The van der Waals surface area contributed by atoms with Gasteiger partial charge in [0.05, 0.1) is 18.8 Å². The summed E-state index contributed by atoms with van der Waals surface area (Å²) in [6.45, 7) is 2.67. The molecule has 0 spiro atoms. The number of ether oxygens (including phenoxy) is 1. The SMILES string of the molecule is O=C(c1cnc(N[C@@H]2C[C@@H]3CC[C@@H](C3)C2)c2c1CCCC2)N1CCOCC1. The third kappa shape index (κ3) is 3.46. The van der Waals surface area contributed by atoms with Gasteiger partial charge in [-0.1, -0.05) is 12.8 Å². The highest BCUT2D eigenvalue weighted by Crippen LogP contribution is 2.43. The smallest absolute Gasteiger partial charge is 0.255 e. The second kappa shape index (κ2) is 7.42. The van der Waals surface area contributed by atoms with Crippen LogP contribution in [0.25, 0.3) is 0 Å². The zero-order valence-corrected chi connectivity index (χ0v) is 16.2. The molecule has 5 heteroatoms. The fourth-order valence-corrected chi connectivity index (χ4v) is 5.81. The molecule has 0 aromatic carbocycles. The topological polar surface area (TPSA) is 54.5 Å². The molecule has 1 aromatic heterocycles. The van der Waals surface area contributed by atoms with Crippen molar-refractivity contribution in [2.75, 3.05) is 31.6 Å². The first-order chi connectivity index (χ1) is 13.3. The van der Waals surface area contributed by atoms with Gasteiger partial charge in [0.1, 0.15) is 5.82 Å². The Balaban J connectivity index is 1.39. The van der Waals surface area contributed by atoms with Crippen LogP contribution < -0.4 is 5.32 Å². The minimum Gasteiger partial charge on any atom is -0.378 e. The average Bonchev–Trinajstić information content (AvgIpc) is 3.06. The van der Waals surface area contributed by atoms with E-state index in [1.165, 1.54) is 56.1 Å². The number of nitrogens with zero attached hydrogens (tertiary/aromatic N) is 2. The van der Waals surface area contributed by atoms with Crippen LogP contribution in [0.1, 0.15) is 66.4 Å². The van der Waals surface area contributed by atoms with Gasteiger partial charge < -0.3 is 15.0 Å². The van der Waals surface area contributed by atoms with Gasteiger partial charge in [0.2, 0.25) is 0 Å². The van der Waals surface area contributed by atoms with E-state index >= 15 is 0 Å². The van der Waals surface area contributed by atoms with E-state index in [2.05, 4.69) is 5.32 Å². The maximum absolute atomic E-state index is 13.1. The van der Waals surface area contributed by atoms with Crippen LogP contribution in [0.15, 0.2) is 6.20 Å². The summed E-state index contributed by atoms with van der Waals surface area (Å²) in [4.78, 5) is 19.8. The first-order valence-electron chi connectivity index (χ1n) is 10.9. The lowest BCUT2D eigenvalue weighted by Gasteiger charge is -2.32. The van der Waals surface area contributed by atoms with E-state index < -0.39 is 0 Å². The van der Waals surface area contributed by atoms with Crippen LogP contribution in [0.3, 0.4) is 0 Å². The number of nitrogens with one attached hydrogen (secondary N) is 1. The maximum Gasteiger partial charge on any atom is 0.255 e. The third-order valence-corrected chi connectivity index (χ3v) is 7.16. The lowest BCUT2D eigenvalue weighted by atomic mass is 9.84. The summed E-state index contributed by atoms with van der Waals surface area (Å²) in [5.74, 6) is 3.04. The lowest BCUT2D eigenvalue weighted by Crippen LogP contribution is -2.41. The number of morpholine rings is 1. The first kappa shape index (κ1) is 17.5. The number of hydrogen-bond acceptors (Lipinski definition) is 4. The molecule has 1 N–H and O–H groups in total. The van der Waals surface area contributed by atoms with Gasteiger partial charge in [-0.15, -0.1) is 0 Å². The quantitative estimate of drug-likeness (QED) is 0.887. The van der Waals surface area contributed by atoms with E-state index in [0.717, 1.165) is 36.1 Å².